The summed E-state index contributed by atoms with van der Waals surface area (Å²) in [4.78, 5) is 24.0. The van der Waals surface area contributed by atoms with Crippen LogP contribution in [0.1, 0.15) is 41.6 Å². The fourth-order valence-corrected chi connectivity index (χ4v) is 4.38. The molecular formula is C22H23F2N5O3S2. The molecule has 180 valence electrons. The Morgan fingerprint density at radius 1 is 1.29 bits per heavy atom. The molecule has 0 aliphatic rings. The van der Waals surface area contributed by atoms with Crippen LogP contribution in [0.4, 0.5) is 13.9 Å². The quantitative estimate of drug-likeness (QED) is 0.127. The Balaban J connectivity index is 1.64. The Bertz CT molecular complexity index is 1160. The molecule has 0 aliphatic carbocycles. The van der Waals surface area contributed by atoms with Crippen molar-refractivity contribution in [3.63, 3.8) is 0 Å². The molecule has 1 N–H and O–H groups in total. The van der Waals surface area contributed by atoms with Crippen LogP contribution < -0.4 is 10.2 Å². The van der Waals surface area contributed by atoms with Gasteiger partial charge in [-0.25, -0.2) is 23.7 Å². The maximum atomic E-state index is 13.0. The molecular weight excluding hydrogens is 484 g/mol. The van der Waals surface area contributed by atoms with Crippen LogP contribution in [0.25, 0.3) is 0 Å². The molecule has 8 nitrogen and oxygen atoms in total. The van der Waals surface area contributed by atoms with E-state index in [1.165, 1.54) is 29.2 Å². The third kappa shape index (κ3) is 7.45. The summed E-state index contributed by atoms with van der Waals surface area (Å²) in [5, 5.41) is 6.79. The molecule has 3 rings (SSSR count). The number of alkyl halides is 2. The van der Waals surface area contributed by atoms with Crippen molar-refractivity contribution in [2.24, 2.45) is 5.10 Å². The molecule has 0 aliphatic heterocycles. The lowest BCUT2D eigenvalue weighted by atomic mass is 10.1. The van der Waals surface area contributed by atoms with Gasteiger partial charge in [0.15, 0.2) is 5.16 Å². The molecule has 1 aromatic carbocycles. The zero-order valence-corrected chi connectivity index (χ0v) is 20.4. The Labute approximate surface area is 203 Å². The van der Waals surface area contributed by atoms with Crippen molar-refractivity contribution in [3.8, 4) is 5.75 Å². The highest BCUT2D eigenvalue weighted by Gasteiger charge is 2.13. The highest BCUT2D eigenvalue weighted by molar-refractivity contribution is 7.98. The lowest BCUT2D eigenvalue weighted by Gasteiger charge is -2.10. The Morgan fingerprint density at radius 3 is 2.85 bits per heavy atom. The smallest absolute Gasteiger partial charge is 0.311 e. The van der Waals surface area contributed by atoms with Gasteiger partial charge in [-0.15, -0.1) is 11.3 Å². The number of aryl methyl sites for hydroxylation is 1. The Hall–Kier alpha value is -3.12. The van der Waals surface area contributed by atoms with Crippen LogP contribution in [0.15, 0.2) is 39.9 Å². The summed E-state index contributed by atoms with van der Waals surface area (Å²) in [7, 11) is 1.56. The first-order valence-electron chi connectivity index (χ1n) is 10.2. The van der Waals surface area contributed by atoms with Gasteiger partial charge in [-0.3, -0.25) is 10.2 Å². The molecule has 0 spiro atoms. The number of rotatable bonds is 11. The second-order valence-corrected chi connectivity index (χ2v) is 8.67. The van der Waals surface area contributed by atoms with E-state index in [-0.39, 0.29) is 23.2 Å². The summed E-state index contributed by atoms with van der Waals surface area (Å²) in [5.41, 5.74) is 5.29. The minimum Gasteiger partial charge on any atom is -0.496 e. The van der Waals surface area contributed by atoms with Crippen molar-refractivity contribution in [3.05, 3.63) is 57.9 Å². The monoisotopic (exact) mass is 507 g/mol. The number of thiazole rings is 1. The SMILES string of the molecule is CCOC(=O)Cc1csc(NN=Cc2ccc(OC)c(CSc3nc(C)cc(C(F)F)n3)c2)n1. The van der Waals surface area contributed by atoms with E-state index in [0.29, 0.717) is 34.6 Å². The van der Waals surface area contributed by atoms with Crippen LogP contribution in [0.3, 0.4) is 0 Å². The second-order valence-electron chi connectivity index (χ2n) is 6.87. The predicted molar refractivity (Wildman–Crippen MR) is 128 cm³/mol. The lowest BCUT2D eigenvalue weighted by Crippen LogP contribution is -2.07. The zero-order valence-electron chi connectivity index (χ0n) is 18.7. The molecule has 2 heterocycles. The molecule has 0 fully saturated rings. The first-order chi connectivity index (χ1) is 16.4. The normalized spacial score (nSPS) is 11.2. The summed E-state index contributed by atoms with van der Waals surface area (Å²) >= 11 is 2.58. The molecule has 34 heavy (non-hydrogen) atoms. The first kappa shape index (κ1) is 25.5. The van der Waals surface area contributed by atoms with Crippen molar-refractivity contribution in [1.29, 1.82) is 0 Å². The van der Waals surface area contributed by atoms with E-state index in [4.69, 9.17) is 9.47 Å². The van der Waals surface area contributed by atoms with Gasteiger partial charge in [-0.2, -0.15) is 5.10 Å². The number of nitrogens with one attached hydrogen (secondary N) is 1. The highest BCUT2D eigenvalue weighted by atomic mass is 32.2. The van der Waals surface area contributed by atoms with Crippen molar-refractivity contribution < 1.29 is 23.0 Å². The summed E-state index contributed by atoms with van der Waals surface area (Å²) in [6.45, 7) is 3.74. The summed E-state index contributed by atoms with van der Waals surface area (Å²) < 4.78 is 36.4. The number of benzene rings is 1. The Morgan fingerprint density at radius 2 is 2.12 bits per heavy atom. The third-order valence-corrected chi connectivity index (χ3v) is 5.99. The number of hydrogen-bond acceptors (Lipinski definition) is 10. The summed E-state index contributed by atoms with van der Waals surface area (Å²) in [6, 6.07) is 6.81. The van der Waals surface area contributed by atoms with Gasteiger partial charge in [0.2, 0.25) is 5.13 Å². The fraction of sp³-hybridized carbons (Fsp3) is 0.318. The van der Waals surface area contributed by atoms with Crippen LogP contribution in [-0.2, 0) is 21.7 Å². The number of ether oxygens (including phenoxy) is 2. The van der Waals surface area contributed by atoms with E-state index in [2.05, 4.69) is 25.5 Å². The van der Waals surface area contributed by atoms with Gasteiger partial charge >= 0.3 is 5.97 Å². The van der Waals surface area contributed by atoms with Crippen molar-refractivity contribution in [2.45, 2.75) is 37.6 Å². The number of methoxy groups -OCH3 is 1. The van der Waals surface area contributed by atoms with E-state index in [0.717, 1.165) is 11.1 Å². The number of carbonyl (C=O) groups excluding carboxylic acids is 1. The fourth-order valence-electron chi connectivity index (χ4n) is 2.84. The lowest BCUT2D eigenvalue weighted by molar-refractivity contribution is -0.142. The topological polar surface area (TPSA) is 98.6 Å². The number of hydrogen-bond donors (Lipinski definition) is 1. The average molecular weight is 508 g/mol. The van der Waals surface area contributed by atoms with Gasteiger partial charge < -0.3 is 9.47 Å². The zero-order chi connectivity index (χ0) is 24.5. The molecule has 2 aromatic heterocycles. The molecule has 0 unspecified atom stereocenters. The number of thioether (sulfide) groups is 1. The molecule has 0 saturated carbocycles. The minimum absolute atomic E-state index is 0.110. The first-order valence-corrected chi connectivity index (χ1v) is 12.1. The maximum Gasteiger partial charge on any atom is 0.311 e. The van der Waals surface area contributed by atoms with E-state index >= 15 is 0 Å². The van der Waals surface area contributed by atoms with Crippen molar-refractivity contribution >= 4 is 40.4 Å². The number of nitrogens with zero attached hydrogens (tertiary/aromatic N) is 4. The molecule has 0 radical (unpaired) electrons. The van der Waals surface area contributed by atoms with Gasteiger partial charge in [0.25, 0.3) is 6.43 Å². The number of halogens is 2. The number of esters is 1. The van der Waals surface area contributed by atoms with Crippen LogP contribution in [0.5, 0.6) is 5.75 Å². The van der Waals surface area contributed by atoms with Crippen LogP contribution >= 0.6 is 23.1 Å². The molecule has 0 saturated heterocycles. The van der Waals surface area contributed by atoms with E-state index in [9.17, 15) is 13.6 Å². The van der Waals surface area contributed by atoms with Gasteiger partial charge in [0.1, 0.15) is 11.4 Å². The van der Waals surface area contributed by atoms with Crippen LogP contribution in [0.2, 0.25) is 0 Å². The molecule has 0 atom stereocenters. The van der Waals surface area contributed by atoms with E-state index < -0.39 is 6.43 Å². The van der Waals surface area contributed by atoms with Gasteiger partial charge in [0, 0.05) is 22.4 Å². The van der Waals surface area contributed by atoms with Crippen molar-refractivity contribution in [1.82, 2.24) is 15.0 Å². The van der Waals surface area contributed by atoms with Crippen molar-refractivity contribution in [2.75, 3.05) is 19.1 Å². The summed E-state index contributed by atoms with van der Waals surface area (Å²) in [6.07, 6.45) is -0.918. The number of anilines is 1. The highest BCUT2D eigenvalue weighted by Crippen LogP contribution is 2.28. The van der Waals surface area contributed by atoms with E-state index in [1.54, 1.807) is 38.6 Å². The standard InChI is InChI=1S/C22H23F2N5O3S2/c1-4-32-19(30)9-16-12-34-22(27-16)29-25-10-14-5-6-18(31-3)15(8-14)11-33-21-26-13(2)7-17(28-21)20(23)24/h5-8,10,12,20H,4,9,11H2,1-3H3,(H,27,29). The Kier molecular flexibility index (Phi) is 9.28. The second kappa shape index (κ2) is 12.4. The molecule has 3 aromatic rings. The average Bonchev–Trinajstić information content (AvgIpc) is 3.24. The number of hydrazone groups is 1. The van der Waals surface area contributed by atoms with Gasteiger partial charge in [-0.05, 0) is 43.7 Å². The number of aromatic nitrogens is 3. The summed E-state index contributed by atoms with van der Waals surface area (Å²) in [5.74, 6) is 0.754. The van der Waals surface area contributed by atoms with Gasteiger partial charge in [-0.1, -0.05) is 11.8 Å². The largest absolute Gasteiger partial charge is 0.496 e. The maximum absolute atomic E-state index is 13.0. The molecule has 12 heteroatoms. The third-order valence-electron chi connectivity index (χ3n) is 4.29. The van der Waals surface area contributed by atoms with Gasteiger partial charge in [0.05, 0.1) is 32.0 Å². The molecule has 0 amide bonds. The number of carbonyl (C=O) groups is 1. The van der Waals surface area contributed by atoms with Crippen LogP contribution in [0, 0.1) is 6.92 Å². The predicted octanol–water partition coefficient (Wildman–Crippen LogP) is 5.03. The van der Waals surface area contributed by atoms with E-state index in [1.807, 2.05) is 12.1 Å². The van der Waals surface area contributed by atoms with Crippen LogP contribution in [-0.4, -0.2) is 40.9 Å². The molecule has 0 bridgehead atoms. The minimum atomic E-state index is -2.65.